The monoisotopic (exact) mass is 717 g/mol. The van der Waals surface area contributed by atoms with Crippen LogP contribution in [0.5, 0.6) is 0 Å². The summed E-state index contributed by atoms with van der Waals surface area (Å²) in [6.45, 7) is 0. The lowest BCUT2D eigenvalue weighted by Gasteiger charge is -2.26. The molecular formula is C52H35N3O. The first-order chi connectivity index (χ1) is 27.7. The Morgan fingerprint density at radius 1 is 0.339 bits per heavy atom. The highest BCUT2D eigenvalue weighted by Crippen LogP contribution is 2.42. The summed E-state index contributed by atoms with van der Waals surface area (Å²) in [7, 11) is 0. The highest BCUT2D eigenvalue weighted by atomic mass is 16.3. The zero-order valence-corrected chi connectivity index (χ0v) is 30.5. The second-order valence-electron chi connectivity index (χ2n) is 13.8. The molecule has 0 aliphatic heterocycles. The van der Waals surface area contributed by atoms with Crippen LogP contribution in [0, 0.1) is 0 Å². The van der Waals surface area contributed by atoms with E-state index < -0.39 is 0 Å². The van der Waals surface area contributed by atoms with Crippen LogP contribution in [0.1, 0.15) is 0 Å². The molecule has 4 nitrogen and oxygen atoms in total. The fourth-order valence-corrected chi connectivity index (χ4v) is 7.54. The third-order valence-electron chi connectivity index (χ3n) is 10.3. The van der Waals surface area contributed by atoms with Crippen molar-refractivity contribution in [2.24, 2.45) is 0 Å². The van der Waals surface area contributed by atoms with Gasteiger partial charge in [0.05, 0.1) is 11.4 Å². The number of hydrogen-bond donors (Lipinski definition) is 0. The highest BCUT2D eigenvalue weighted by molar-refractivity contribution is 6.13. The lowest BCUT2D eigenvalue weighted by molar-refractivity contribution is 0.669. The van der Waals surface area contributed by atoms with Gasteiger partial charge in [0, 0.05) is 44.5 Å². The topological polar surface area (TPSA) is 42.2 Å². The van der Waals surface area contributed by atoms with Gasteiger partial charge in [-0.25, -0.2) is 9.97 Å². The molecule has 0 radical (unpaired) electrons. The molecule has 0 N–H and O–H groups in total. The molecule has 0 unspecified atom stereocenters. The minimum atomic E-state index is 0.648. The third-order valence-corrected chi connectivity index (χ3v) is 10.3. The van der Waals surface area contributed by atoms with E-state index in [1.165, 1.54) is 11.1 Å². The average Bonchev–Trinajstić information content (AvgIpc) is 3.66. The molecule has 2 aromatic heterocycles. The maximum Gasteiger partial charge on any atom is 0.161 e. The van der Waals surface area contributed by atoms with E-state index in [1.807, 2.05) is 54.6 Å². The quantitative estimate of drug-likeness (QED) is 0.157. The molecule has 0 aliphatic carbocycles. The van der Waals surface area contributed by atoms with Crippen LogP contribution in [0.3, 0.4) is 0 Å². The van der Waals surface area contributed by atoms with E-state index >= 15 is 0 Å². The number of para-hydroxylation sites is 2. The first-order valence-electron chi connectivity index (χ1n) is 18.8. The number of fused-ring (bicyclic) bond motifs is 3. The van der Waals surface area contributed by atoms with Gasteiger partial charge >= 0.3 is 0 Å². The Morgan fingerprint density at radius 2 is 0.786 bits per heavy atom. The minimum Gasteiger partial charge on any atom is -0.456 e. The third kappa shape index (κ3) is 6.29. The molecule has 8 aromatic carbocycles. The van der Waals surface area contributed by atoms with Gasteiger partial charge in [-0.1, -0.05) is 152 Å². The smallest absolute Gasteiger partial charge is 0.161 e. The molecule has 2 heterocycles. The van der Waals surface area contributed by atoms with E-state index in [0.717, 1.165) is 78.2 Å². The number of nitrogens with zero attached hydrogens (tertiary/aromatic N) is 3. The predicted molar refractivity (Wildman–Crippen MR) is 231 cm³/mol. The van der Waals surface area contributed by atoms with Crippen LogP contribution >= 0.6 is 0 Å². The summed E-state index contributed by atoms with van der Waals surface area (Å²) >= 11 is 0. The normalized spacial score (nSPS) is 11.2. The lowest BCUT2D eigenvalue weighted by atomic mass is 9.97. The standard InChI is InChI=1S/C52H35N3O/c1-5-15-36(16-6-1)37-25-29-43(30-26-37)55(42-21-11-4-12-22-42)44-31-27-38(28-32-44)41-33-46(51-45-23-13-14-24-49(45)56-50(51)34-41)52-53-47(39-17-7-2-8-18-39)35-48(54-52)40-19-9-3-10-20-40/h1-35H. The predicted octanol–water partition coefficient (Wildman–Crippen LogP) is 14.2. The summed E-state index contributed by atoms with van der Waals surface area (Å²) in [5.41, 5.74) is 14.0. The fourth-order valence-electron chi connectivity index (χ4n) is 7.54. The largest absolute Gasteiger partial charge is 0.456 e. The van der Waals surface area contributed by atoms with Crippen molar-refractivity contribution in [3.63, 3.8) is 0 Å². The summed E-state index contributed by atoms with van der Waals surface area (Å²) in [6.07, 6.45) is 0. The van der Waals surface area contributed by atoms with Gasteiger partial charge in [0.15, 0.2) is 5.82 Å². The van der Waals surface area contributed by atoms with E-state index in [9.17, 15) is 0 Å². The molecule has 0 spiro atoms. The van der Waals surface area contributed by atoms with Crippen molar-refractivity contribution >= 4 is 39.0 Å². The van der Waals surface area contributed by atoms with Crippen LogP contribution in [-0.2, 0) is 0 Å². The lowest BCUT2D eigenvalue weighted by Crippen LogP contribution is -2.09. The Morgan fingerprint density at radius 3 is 1.36 bits per heavy atom. The van der Waals surface area contributed by atoms with Gasteiger partial charge in [0.2, 0.25) is 0 Å². The van der Waals surface area contributed by atoms with Gasteiger partial charge in [0.25, 0.3) is 0 Å². The number of rotatable bonds is 8. The number of aromatic nitrogens is 2. The van der Waals surface area contributed by atoms with E-state index in [0.29, 0.717) is 5.82 Å². The minimum absolute atomic E-state index is 0.648. The van der Waals surface area contributed by atoms with Crippen LogP contribution in [-0.4, -0.2) is 9.97 Å². The summed E-state index contributed by atoms with van der Waals surface area (Å²) in [6, 6.07) is 73.8. The van der Waals surface area contributed by atoms with Gasteiger partial charge in [-0.2, -0.15) is 0 Å². The van der Waals surface area contributed by atoms with Crippen molar-refractivity contribution in [3.05, 3.63) is 212 Å². The molecule has 0 amide bonds. The maximum absolute atomic E-state index is 6.56. The van der Waals surface area contributed by atoms with E-state index in [1.54, 1.807) is 0 Å². The first kappa shape index (κ1) is 33.0. The molecule has 0 saturated carbocycles. The Kier molecular flexibility index (Phi) is 8.47. The van der Waals surface area contributed by atoms with Gasteiger partial charge < -0.3 is 9.32 Å². The van der Waals surface area contributed by atoms with Crippen LogP contribution in [0.2, 0.25) is 0 Å². The highest BCUT2D eigenvalue weighted by Gasteiger charge is 2.20. The molecule has 0 bridgehead atoms. The summed E-state index contributed by atoms with van der Waals surface area (Å²) in [5, 5.41) is 2.03. The molecule has 10 aromatic rings. The van der Waals surface area contributed by atoms with Crippen LogP contribution in [0.15, 0.2) is 217 Å². The van der Waals surface area contributed by atoms with Crippen LogP contribution in [0.4, 0.5) is 17.1 Å². The molecule has 0 aliphatic rings. The Hall–Kier alpha value is -7.56. The van der Waals surface area contributed by atoms with E-state index in [-0.39, 0.29) is 0 Å². The number of anilines is 3. The first-order valence-corrected chi connectivity index (χ1v) is 18.8. The van der Waals surface area contributed by atoms with Crippen LogP contribution in [0.25, 0.3) is 78.1 Å². The Labute approximate surface area is 325 Å². The molecule has 264 valence electrons. The number of hydrogen-bond acceptors (Lipinski definition) is 4. The Bertz CT molecular complexity index is 2870. The van der Waals surface area contributed by atoms with Gasteiger partial charge in [-0.3, -0.25) is 0 Å². The van der Waals surface area contributed by atoms with Crippen molar-refractivity contribution in [1.29, 1.82) is 0 Å². The SMILES string of the molecule is c1ccc(-c2ccc(N(c3ccccc3)c3ccc(-c4cc(-c5nc(-c6ccccc6)cc(-c6ccccc6)n5)c5c(c4)oc4ccccc45)cc3)cc2)cc1. The molecule has 56 heavy (non-hydrogen) atoms. The van der Waals surface area contributed by atoms with Crippen LogP contribution < -0.4 is 4.90 Å². The molecule has 10 rings (SSSR count). The van der Waals surface area contributed by atoms with Gasteiger partial charge in [0.1, 0.15) is 11.2 Å². The summed E-state index contributed by atoms with van der Waals surface area (Å²) in [4.78, 5) is 12.8. The second kappa shape index (κ2) is 14.3. The summed E-state index contributed by atoms with van der Waals surface area (Å²) in [5.74, 6) is 0.648. The van der Waals surface area contributed by atoms with E-state index in [4.69, 9.17) is 14.4 Å². The number of benzene rings is 8. The molecule has 0 saturated heterocycles. The fraction of sp³-hybridized carbons (Fsp3) is 0. The maximum atomic E-state index is 6.56. The zero-order valence-electron chi connectivity index (χ0n) is 30.5. The van der Waals surface area contributed by atoms with Crippen molar-refractivity contribution in [2.45, 2.75) is 0 Å². The molecule has 0 fully saturated rings. The number of furan rings is 1. The van der Waals surface area contributed by atoms with Gasteiger partial charge in [-0.15, -0.1) is 0 Å². The van der Waals surface area contributed by atoms with Gasteiger partial charge in [-0.05, 0) is 82.9 Å². The average molecular weight is 718 g/mol. The zero-order chi connectivity index (χ0) is 37.3. The van der Waals surface area contributed by atoms with E-state index in [2.05, 4.69) is 163 Å². The second-order valence-corrected chi connectivity index (χ2v) is 13.8. The Balaban J connectivity index is 1.10. The van der Waals surface area contributed by atoms with Crippen molar-refractivity contribution < 1.29 is 4.42 Å². The van der Waals surface area contributed by atoms with Crippen molar-refractivity contribution in [1.82, 2.24) is 9.97 Å². The molecule has 0 atom stereocenters. The van der Waals surface area contributed by atoms with Crippen molar-refractivity contribution in [3.8, 4) is 56.2 Å². The van der Waals surface area contributed by atoms with Crippen molar-refractivity contribution in [2.75, 3.05) is 4.90 Å². The summed E-state index contributed by atoms with van der Waals surface area (Å²) < 4.78 is 6.56. The molecule has 4 heteroatoms. The molecular weight excluding hydrogens is 683 g/mol.